The Kier molecular flexibility index (Phi) is 26.9. The molecular formula is C62H64N2O21S2. The summed E-state index contributed by atoms with van der Waals surface area (Å²) < 4.78 is 59.4. The van der Waals surface area contributed by atoms with E-state index in [1.807, 2.05) is 6.07 Å². The smallest absolute Gasteiger partial charge is 0.330 e. The molecule has 0 spiro atoms. The molecule has 2 fully saturated rings. The fraction of sp³-hybridized carbons (Fsp3) is 0.419. The van der Waals surface area contributed by atoms with Gasteiger partial charge in [0.25, 0.3) is 5.70 Å². The van der Waals surface area contributed by atoms with Gasteiger partial charge in [0.1, 0.15) is 43.7 Å². The minimum Gasteiger partial charge on any atom is -0.490 e. The molecule has 3 aromatic carbocycles. The summed E-state index contributed by atoms with van der Waals surface area (Å²) in [5.41, 5.74) is 1.38. The van der Waals surface area contributed by atoms with Gasteiger partial charge >= 0.3 is 59.7 Å². The molecular weight excluding hydrogens is 1170 g/mol. The van der Waals surface area contributed by atoms with Crippen LogP contribution in [0.4, 0.5) is 0 Å². The van der Waals surface area contributed by atoms with Crippen LogP contribution in [0.1, 0.15) is 95.1 Å². The Morgan fingerprint density at radius 2 is 0.897 bits per heavy atom. The first-order valence-corrected chi connectivity index (χ1v) is 29.6. The first-order chi connectivity index (χ1) is 42.0. The molecule has 3 aromatic rings. The Morgan fingerprint density at radius 3 is 1.28 bits per heavy atom. The average Bonchev–Trinajstić information content (AvgIpc) is 1.77. The van der Waals surface area contributed by atoms with Gasteiger partial charge in [-0.2, -0.15) is 0 Å². The van der Waals surface area contributed by atoms with E-state index in [1.54, 1.807) is 55.5 Å². The van der Waals surface area contributed by atoms with Crippen LogP contribution in [0.2, 0.25) is 0 Å². The Bertz CT molecular complexity index is 3130. The van der Waals surface area contributed by atoms with Gasteiger partial charge in [-0.25, -0.2) is 19.7 Å². The van der Waals surface area contributed by atoms with E-state index in [4.69, 9.17) is 58.7 Å². The molecule has 2 aliphatic carbocycles. The first kappa shape index (κ1) is 67.2. The highest BCUT2D eigenvalue weighted by atomic mass is 32.2. The van der Waals surface area contributed by atoms with E-state index in [-0.39, 0.29) is 99.1 Å². The molecule has 0 atom stereocenters. The molecule has 1 heterocycles. The fourth-order valence-electron chi connectivity index (χ4n) is 8.95. The van der Waals surface area contributed by atoms with Gasteiger partial charge < -0.3 is 52.1 Å². The lowest BCUT2D eigenvalue weighted by Crippen LogP contribution is -2.31. The molecule has 6 rings (SSSR count). The highest BCUT2D eigenvalue weighted by Gasteiger charge is 2.38. The summed E-state index contributed by atoms with van der Waals surface area (Å²) in [6.07, 6.45) is 4.47. The van der Waals surface area contributed by atoms with Crippen molar-refractivity contribution >= 4 is 83.2 Å². The molecule has 0 saturated heterocycles. The minimum absolute atomic E-state index is 0.0305. The second-order valence-corrected chi connectivity index (χ2v) is 21.9. The number of rotatable bonds is 30. The zero-order chi connectivity index (χ0) is 62.7. The Labute approximate surface area is 510 Å². The summed E-state index contributed by atoms with van der Waals surface area (Å²) in [7, 11) is 0. The monoisotopic (exact) mass is 1240 g/mol. The third-order valence-corrected chi connectivity index (χ3v) is 16.2. The number of hydrogen-bond donors (Lipinski definition) is 0. The van der Waals surface area contributed by atoms with Crippen molar-refractivity contribution in [2.24, 2.45) is 23.7 Å². The number of benzene rings is 3. The number of hydrogen-bond acceptors (Lipinski definition) is 24. The molecule has 25 heteroatoms. The molecule has 0 unspecified atom stereocenters. The van der Waals surface area contributed by atoms with Crippen LogP contribution in [0.25, 0.3) is 4.85 Å². The van der Waals surface area contributed by atoms with Crippen LogP contribution in [0.3, 0.4) is 0 Å². The Hall–Kier alpha value is -8.94. The maximum atomic E-state index is 13.9. The standard InChI is InChI=1S/C62H64N2O21S2/c1-5-49(65)78-32-34-80-53(69)26-24-51(67)76-30-28-38-8-20-44(21-9-38)82-58(71)40-12-16-42(17-13-40)60(73)84-48-36-47(75-7-3)55(57-56(48)86-62(87-57)46(37-63)64-4)85-61(74)43-18-14-41(15-19-43)59(72)83-45-22-10-39(11-23-45)29-31-77-52(68)25-27-54(70)81-35-33-79-50(66)6-2/h5-6,8-11,20-23,36,40-43H,1-2,7,12-19,24-35H2,3H3/b62-46+. The van der Waals surface area contributed by atoms with Crippen LogP contribution in [-0.2, 0) is 89.2 Å². The molecule has 87 heavy (non-hydrogen) atoms. The Morgan fingerprint density at radius 1 is 0.529 bits per heavy atom. The molecule has 0 amide bonds. The van der Waals surface area contributed by atoms with E-state index in [0.29, 0.717) is 85.5 Å². The summed E-state index contributed by atoms with van der Waals surface area (Å²) in [6.45, 7) is 15.5. The van der Waals surface area contributed by atoms with Crippen LogP contribution in [0, 0.1) is 41.6 Å². The van der Waals surface area contributed by atoms with Crippen molar-refractivity contribution in [3.05, 3.63) is 112 Å². The molecule has 460 valence electrons. The molecule has 2 saturated carbocycles. The van der Waals surface area contributed by atoms with Crippen LogP contribution >= 0.6 is 23.5 Å². The Balaban J connectivity index is 0.944. The number of allylic oxidation sites excluding steroid dienone is 1. The van der Waals surface area contributed by atoms with E-state index in [1.165, 1.54) is 6.07 Å². The topological polar surface area (TPSA) is 300 Å². The number of carbonyl (C=O) groups excluding carboxylic acids is 10. The molecule has 0 N–H and O–H groups in total. The van der Waals surface area contributed by atoms with Crippen molar-refractivity contribution in [2.45, 2.75) is 107 Å². The summed E-state index contributed by atoms with van der Waals surface area (Å²) in [5, 5.41) is 9.81. The summed E-state index contributed by atoms with van der Waals surface area (Å²) in [5.74, 6) is -7.22. The zero-order valence-corrected chi connectivity index (χ0v) is 49.3. The van der Waals surface area contributed by atoms with Crippen molar-refractivity contribution in [1.29, 1.82) is 5.26 Å². The number of esters is 10. The SMILES string of the molecule is [C-]#[N+]/C(C#N)=C1\Sc2c(OC(=O)C3CCC(C(=O)Oc4ccc(CCOC(=O)CCC(=O)OCCOC(=O)C=C)cc4)CC3)cc(OCC)c(OC(=O)C3CCC(C(=O)Oc4ccc(CCOC(=O)CCC(=O)OCCOC(=O)C=C)cc4)CC3)c2S1. The zero-order valence-electron chi connectivity index (χ0n) is 47.7. The van der Waals surface area contributed by atoms with Crippen molar-refractivity contribution < 1.29 is 100 Å². The van der Waals surface area contributed by atoms with Gasteiger partial charge in [-0.1, -0.05) is 60.9 Å². The molecule has 1 aliphatic heterocycles. The number of ether oxygens (including phenoxy) is 11. The van der Waals surface area contributed by atoms with Gasteiger partial charge in [-0.05, 0) is 93.7 Å². The van der Waals surface area contributed by atoms with E-state index in [0.717, 1.165) is 46.8 Å². The number of fused-ring (bicyclic) bond motifs is 1. The lowest BCUT2D eigenvalue weighted by atomic mass is 9.82. The fourth-order valence-corrected chi connectivity index (χ4v) is 11.4. The normalized spacial score (nSPS) is 17.1. The van der Waals surface area contributed by atoms with Gasteiger partial charge in [0.15, 0.2) is 11.5 Å². The van der Waals surface area contributed by atoms with E-state index >= 15 is 0 Å². The quantitative estimate of drug-likeness (QED) is 0.0114. The molecule has 0 radical (unpaired) electrons. The number of thioether (sulfide) groups is 2. The van der Waals surface area contributed by atoms with Crippen molar-refractivity contribution in [3.8, 4) is 34.8 Å². The van der Waals surface area contributed by atoms with Crippen LogP contribution in [0.15, 0.2) is 99.6 Å². The van der Waals surface area contributed by atoms with E-state index in [9.17, 15) is 53.2 Å². The van der Waals surface area contributed by atoms with Crippen molar-refractivity contribution in [1.82, 2.24) is 0 Å². The lowest BCUT2D eigenvalue weighted by molar-refractivity contribution is -0.152. The van der Waals surface area contributed by atoms with Crippen LogP contribution < -0.4 is 23.7 Å². The van der Waals surface area contributed by atoms with Crippen LogP contribution in [0.5, 0.6) is 28.7 Å². The maximum Gasteiger partial charge on any atom is 0.330 e. The average molecular weight is 1240 g/mol. The summed E-state index contributed by atoms with van der Waals surface area (Å²) in [4.78, 5) is 128. The molecule has 3 aliphatic rings. The van der Waals surface area contributed by atoms with E-state index in [2.05, 4.69) is 18.0 Å². The number of nitriles is 1. The minimum atomic E-state index is -0.646. The lowest BCUT2D eigenvalue weighted by Gasteiger charge is -2.27. The van der Waals surface area contributed by atoms with Crippen LogP contribution in [-0.4, -0.2) is 106 Å². The third-order valence-electron chi connectivity index (χ3n) is 13.6. The molecule has 23 nitrogen and oxygen atoms in total. The second kappa shape index (κ2) is 34.9. The van der Waals surface area contributed by atoms with Gasteiger partial charge in [-0.15, -0.1) is 0 Å². The summed E-state index contributed by atoms with van der Waals surface area (Å²) >= 11 is 2.04. The van der Waals surface area contributed by atoms with E-state index < -0.39 is 83.4 Å². The highest BCUT2D eigenvalue weighted by molar-refractivity contribution is 8.24. The second-order valence-electron chi connectivity index (χ2n) is 19.6. The largest absolute Gasteiger partial charge is 0.490 e. The first-order valence-electron chi connectivity index (χ1n) is 28.0. The van der Waals surface area contributed by atoms with Gasteiger partial charge in [0, 0.05) is 31.1 Å². The number of carbonyl (C=O) groups is 10. The van der Waals surface area contributed by atoms with Crippen molar-refractivity contribution in [2.75, 3.05) is 46.2 Å². The molecule has 0 aromatic heterocycles. The highest BCUT2D eigenvalue weighted by Crippen LogP contribution is 2.61. The third kappa shape index (κ3) is 21.5. The van der Waals surface area contributed by atoms with Gasteiger partial charge in [0.05, 0.1) is 95.8 Å². The maximum absolute atomic E-state index is 13.9. The summed E-state index contributed by atoms with van der Waals surface area (Å²) in [6, 6.07) is 16.7. The number of nitrogens with zero attached hydrogens (tertiary/aromatic N) is 2. The predicted octanol–water partition coefficient (Wildman–Crippen LogP) is 8.81. The molecule has 0 bridgehead atoms. The van der Waals surface area contributed by atoms with Gasteiger partial charge in [0.2, 0.25) is 0 Å². The predicted molar refractivity (Wildman–Crippen MR) is 307 cm³/mol. The van der Waals surface area contributed by atoms with Crippen molar-refractivity contribution in [3.63, 3.8) is 0 Å². The van der Waals surface area contributed by atoms with Gasteiger partial charge in [-0.3, -0.25) is 38.4 Å².